The number of carbonyl (C=O) groups excluding carboxylic acids is 1. The minimum absolute atomic E-state index is 0.0495. The van der Waals surface area contributed by atoms with E-state index in [0.717, 1.165) is 28.8 Å². The van der Waals surface area contributed by atoms with E-state index in [0.29, 0.717) is 0 Å². The number of aryl methyl sites for hydroxylation is 2. The summed E-state index contributed by atoms with van der Waals surface area (Å²) in [5, 5.41) is 2.94. The smallest absolute Gasteiger partial charge is 0.255 e. The maximum absolute atomic E-state index is 13.3. The number of hydrogen-bond donors (Lipinski definition) is 1. The van der Waals surface area contributed by atoms with Gasteiger partial charge in [0.1, 0.15) is 10.6 Å². The van der Waals surface area contributed by atoms with E-state index in [2.05, 4.69) is 5.32 Å². The topological polar surface area (TPSA) is 75.7 Å². The van der Waals surface area contributed by atoms with Gasteiger partial charge in [-0.05, 0) is 48.2 Å². The Morgan fingerprint density at radius 2 is 1.75 bits per heavy atom. The lowest BCUT2D eigenvalue weighted by atomic mass is 10.1. The predicted octanol–water partition coefficient (Wildman–Crippen LogP) is 4.64. The number of methoxy groups -OCH3 is 1. The third kappa shape index (κ3) is 5.00. The highest BCUT2D eigenvalue weighted by atomic mass is 32.2. The molecule has 0 aliphatic heterocycles. The molecular weight excluding hydrogens is 424 g/mol. The van der Waals surface area contributed by atoms with Gasteiger partial charge in [0, 0.05) is 24.8 Å². The summed E-state index contributed by atoms with van der Waals surface area (Å²) in [4.78, 5) is 13.0. The van der Waals surface area contributed by atoms with Gasteiger partial charge in [0.2, 0.25) is 10.0 Å². The number of hydrogen-bond acceptors (Lipinski definition) is 4. The van der Waals surface area contributed by atoms with Gasteiger partial charge in [0.05, 0.1) is 7.11 Å². The SMILES string of the molecule is CCc1cccc(C)c1NC(=O)c1ccc(OC)c(S(=O)(=O)N(C)Cc2ccccc2)c1. The number of rotatable bonds is 8. The number of carbonyl (C=O) groups is 1. The van der Waals surface area contributed by atoms with Gasteiger partial charge in [-0.25, -0.2) is 8.42 Å². The van der Waals surface area contributed by atoms with Crippen molar-refractivity contribution in [3.63, 3.8) is 0 Å². The van der Waals surface area contributed by atoms with E-state index in [1.54, 1.807) is 6.07 Å². The zero-order valence-corrected chi connectivity index (χ0v) is 19.6. The van der Waals surface area contributed by atoms with Crippen LogP contribution < -0.4 is 10.1 Å². The van der Waals surface area contributed by atoms with Crippen LogP contribution in [0, 0.1) is 6.92 Å². The van der Waals surface area contributed by atoms with Crippen LogP contribution in [-0.4, -0.2) is 32.8 Å². The summed E-state index contributed by atoms with van der Waals surface area (Å²) in [6.07, 6.45) is 0.768. The number of sulfonamides is 1. The molecule has 0 fully saturated rings. The number of nitrogens with zero attached hydrogens (tertiary/aromatic N) is 1. The number of benzene rings is 3. The molecule has 1 N–H and O–H groups in total. The van der Waals surface area contributed by atoms with E-state index in [-0.39, 0.29) is 28.7 Å². The molecule has 0 spiro atoms. The standard InChI is InChI=1S/C25H28N2O4S/c1-5-20-13-9-10-18(2)24(20)26-25(28)21-14-15-22(31-4)23(16-21)32(29,30)27(3)17-19-11-7-6-8-12-19/h6-16H,5,17H2,1-4H3,(H,26,28). The first-order valence-corrected chi connectivity index (χ1v) is 11.8. The fourth-order valence-electron chi connectivity index (χ4n) is 3.50. The predicted molar refractivity (Wildman–Crippen MR) is 127 cm³/mol. The summed E-state index contributed by atoms with van der Waals surface area (Å²) < 4.78 is 33.2. The van der Waals surface area contributed by atoms with Crippen LogP contribution in [0.5, 0.6) is 5.75 Å². The van der Waals surface area contributed by atoms with E-state index >= 15 is 0 Å². The van der Waals surface area contributed by atoms with Gasteiger partial charge in [-0.3, -0.25) is 4.79 Å². The molecule has 0 aliphatic carbocycles. The molecule has 1 amide bonds. The summed E-state index contributed by atoms with van der Waals surface area (Å²) in [5.74, 6) is -0.189. The van der Waals surface area contributed by atoms with Crippen LogP contribution in [0.3, 0.4) is 0 Å². The highest BCUT2D eigenvalue weighted by Gasteiger charge is 2.26. The molecule has 0 unspecified atom stereocenters. The van der Waals surface area contributed by atoms with Gasteiger partial charge in [0.15, 0.2) is 0 Å². The van der Waals surface area contributed by atoms with Crippen LogP contribution in [0.15, 0.2) is 71.6 Å². The first kappa shape index (κ1) is 23.5. The number of para-hydroxylation sites is 1. The minimum Gasteiger partial charge on any atom is -0.495 e. The van der Waals surface area contributed by atoms with E-state index in [4.69, 9.17) is 4.74 Å². The van der Waals surface area contributed by atoms with Crippen molar-refractivity contribution < 1.29 is 17.9 Å². The van der Waals surface area contributed by atoms with Crippen molar-refractivity contribution in [2.45, 2.75) is 31.7 Å². The molecular formula is C25H28N2O4S. The Labute approximate surface area is 189 Å². The monoisotopic (exact) mass is 452 g/mol. The van der Waals surface area contributed by atoms with E-state index in [1.807, 2.05) is 62.4 Å². The molecule has 6 nitrogen and oxygen atoms in total. The molecule has 0 radical (unpaired) electrons. The lowest BCUT2D eigenvalue weighted by Gasteiger charge is -2.20. The molecule has 0 bridgehead atoms. The Hall–Kier alpha value is -3.16. The molecule has 168 valence electrons. The quantitative estimate of drug-likeness (QED) is 0.540. The average molecular weight is 453 g/mol. The molecule has 0 saturated carbocycles. The number of ether oxygens (including phenoxy) is 1. The van der Waals surface area contributed by atoms with Crippen molar-refractivity contribution in [1.29, 1.82) is 0 Å². The van der Waals surface area contributed by atoms with Crippen molar-refractivity contribution in [2.75, 3.05) is 19.5 Å². The second-order valence-electron chi connectivity index (χ2n) is 7.53. The van der Waals surface area contributed by atoms with Crippen LogP contribution in [0.2, 0.25) is 0 Å². The Morgan fingerprint density at radius 3 is 2.41 bits per heavy atom. The molecule has 3 aromatic carbocycles. The van der Waals surface area contributed by atoms with Crippen molar-refractivity contribution in [2.24, 2.45) is 0 Å². The van der Waals surface area contributed by atoms with Gasteiger partial charge in [0.25, 0.3) is 5.91 Å². The highest BCUT2D eigenvalue weighted by Crippen LogP contribution is 2.29. The maximum atomic E-state index is 13.3. The van der Waals surface area contributed by atoms with E-state index < -0.39 is 10.0 Å². The molecule has 0 saturated heterocycles. The summed E-state index contributed by atoms with van der Waals surface area (Å²) >= 11 is 0. The minimum atomic E-state index is -3.90. The highest BCUT2D eigenvalue weighted by molar-refractivity contribution is 7.89. The second-order valence-corrected chi connectivity index (χ2v) is 9.54. The van der Waals surface area contributed by atoms with Crippen LogP contribution in [0.1, 0.15) is 34.0 Å². The first-order chi connectivity index (χ1) is 15.3. The molecule has 0 atom stereocenters. The third-order valence-electron chi connectivity index (χ3n) is 5.34. The van der Waals surface area contributed by atoms with E-state index in [1.165, 1.54) is 30.6 Å². The zero-order chi connectivity index (χ0) is 23.3. The van der Waals surface area contributed by atoms with Crippen LogP contribution in [-0.2, 0) is 23.0 Å². The Balaban J connectivity index is 1.94. The fourth-order valence-corrected chi connectivity index (χ4v) is 4.84. The molecule has 0 aromatic heterocycles. The van der Waals surface area contributed by atoms with Crippen molar-refractivity contribution in [1.82, 2.24) is 4.31 Å². The summed E-state index contributed by atoms with van der Waals surface area (Å²) in [6.45, 7) is 4.15. The molecule has 0 aliphatic rings. The van der Waals surface area contributed by atoms with Crippen molar-refractivity contribution in [3.8, 4) is 5.75 Å². The van der Waals surface area contributed by atoms with Gasteiger partial charge in [-0.2, -0.15) is 4.31 Å². The summed E-state index contributed by atoms with van der Waals surface area (Å²) in [7, 11) is -0.983. The van der Waals surface area contributed by atoms with Crippen molar-refractivity contribution in [3.05, 3.63) is 89.0 Å². The molecule has 7 heteroatoms. The summed E-state index contributed by atoms with van der Waals surface area (Å²) in [5.41, 5.74) is 3.81. The fraction of sp³-hybridized carbons (Fsp3) is 0.240. The molecule has 32 heavy (non-hydrogen) atoms. The maximum Gasteiger partial charge on any atom is 0.255 e. The largest absolute Gasteiger partial charge is 0.495 e. The second kappa shape index (κ2) is 9.97. The molecule has 0 heterocycles. The Bertz CT molecular complexity index is 1210. The van der Waals surface area contributed by atoms with Gasteiger partial charge in [-0.1, -0.05) is 55.5 Å². The third-order valence-corrected chi connectivity index (χ3v) is 7.17. The average Bonchev–Trinajstić information content (AvgIpc) is 2.80. The lowest BCUT2D eigenvalue weighted by molar-refractivity contribution is 0.102. The Morgan fingerprint density at radius 1 is 1.03 bits per heavy atom. The van der Waals surface area contributed by atoms with Gasteiger partial charge >= 0.3 is 0 Å². The Kier molecular flexibility index (Phi) is 7.33. The number of nitrogens with one attached hydrogen (secondary N) is 1. The normalized spacial score (nSPS) is 11.4. The first-order valence-electron chi connectivity index (χ1n) is 10.4. The van der Waals surface area contributed by atoms with Crippen LogP contribution in [0.4, 0.5) is 5.69 Å². The molecule has 3 rings (SSSR count). The number of anilines is 1. The van der Waals surface area contributed by atoms with Gasteiger partial charge in [-0.15, -0.1) is 0 Å². The van der Waals surface area contributed by atoms with Crippen molar-refractivity contribution >= 4 is 21.6 Å². The van der Waals surface area contributed by atoms with Crippen LogP contribution in [0.25, 0.3) is 0 Å². The lowest BCUT2D eigenvalue weighted by Crippen LogP contribution is -2.27. The van der Waals surface area contributed by atoms with E-state index in [9.17, 15) is 13.2 Å². The molecule has 3 aromatic rings. The zero-order valence-electron chi connectivity index (χ0n) is 18.8. The van der Waals surface area contributed by atoms with Gasteiger partial charge < -0.3 is 10.1 Å². The number of amides is 1. The van der Waals surface area contributed by atoms with Crippen LogP contribution >= 0.6 is 0 Å². The summed E-state index contributed by atoms with van der Waals surface area (Å²) in [6, 6.07) is 19.6.